The second kappa shape index (κ2) is 7.44. The summed E-state index contributed by atoms with van der Waals surface area (Å²) in [5.41, 5.74) is 3.25. The monoisotopic (exact) mass is 347 g/mol. The van der Waals surface area contributed by atoms with Gasteiger partial charge in [-0.15, -0.1) is 0 Å². The van der Waals surface area contributed by atoms with Crippen molar-refractivity contribution in [1.82, 2.24) is 15.5 Å². The molecule has 0 spiro atoms. The summed E-state index contributed by atoms with van der Waals surface area (Å²) >= 11 is 0. The maximum atomic E-state index is 12.2. The summed E-state index contributed by atoms with van der Waals surface area (Å²) in [5, 5.41) is 9.69. The molecule has 5 heteroatoms. The van der Waals surface area contributed by atoms with E-state index in [9.17, 15) is 4.79 Å². The van der Waals surface area contributed by atoms with E-state index in [0.29, 0.717) is 19.1 Å². The number of benzene rings is 2. The Balaban J connectivity index is 1.27. The van der Waals surface area contributed by atoms with Crippen LogP contribution >= 0.6 is 0 Å². The van der Waals surface area contributed by atoms with Crippen molar-refractivity contribution in [2.75, 3.05) is 0 Å². The van der Waals surface area contributed by atoms with Crippen molar-refractivity contribution >= 4 is 5.91 Å². The Morgan fingerprint density at radius 2 is 1.92 bits per heavy atom. The predicted octanol–water partition coefficient (Wildman–Crippen LogP) is 3.41. The molecule has 1 heterocycles. The molecule has 4 rings (SSSR count). The Morgan fingerprint density at radius 1 is 1.12 bits per heavy atom. The summed E-state index contributed by atoms with van der Waals surface area (Å²) in [6.45, 7) is 1.05. The van der Waals surface area contributed by atoms with Gasteiger partial charge in [0.25, 0.3) is 0 Å². The molecule has 1 aliphatic carbocycles. The number of ether oxygens (including phenoxy) is 1. The molecule has 1 amide bonds. The van der Waals surface area contributed by atoms with Gasteiger partial charge in [0.1, 0.15) is 12.4 Å². The van der Waals surface area contributed by atoms with Gasteiger partial charge in [-0.2, -0.15) is 5.10 Å². The number of aromatic nitrogens is 2. The van der Waals surface area contributed by atoms with E-state index in [4.69, 9.17) is 4.74 Å². The second-order valence-electron chi connectivity index (χ2n) is 6.59. The van der Waals surface area contributed by atoms with Crippen LogP contribution in [-0.4, -0.2) is 16.1 Å². The summed E-state index contributed by atoms with van der Waals surface area (Å²) in [7, 11) is 0. The van der Waals surface area contributed by atoms with Gasteiger partial charge in [0.2, 0.25) is 5.91 Å². The molecule has 0 bridgehead atoms. The molecule has 2 atom stereocenters. The van der Waals surface area contributed by atoms with Crippen molar-refractivity contribution < 1.29 is 9.53 Å². The SMILES string of the molecule is O=C(NCc1ccn[nH]1)[C@@H]1C[C@@H]1c1ccc(OCc2ccccc2)cc1. The van der Waals surface area contributed by atoms with Crippen LogP contribution in [0.5, 0.6) is 5.75 Å². The number of nitrogens with zero attached hydrogens (tertiary/aromatic N) is 1. The number of carbonyl (C=O) groups excluding carboxylic acids is 1. The van der Waals surface area contributed by atoms with Crippen LogP contribution in [0.25, 0.3) is 0 Å². The number of amides is 1. The fraction of sp³-hybridized carbons (Fsp3) is 0.238. The largest absolute Gasteiger partial charge is 0.489 e. The van der Waals surface area contributed by atoms with Crippen LogP contribution in [0.2, 0.25) is 0 Å². The third-order valence-electron chi connectivity index (χ3n) is 4.70. The fourth-order valence-electron chi connectivity index (χ4n) is 3.10. The normalized spacial score (nSPS) is 18.3. The molecular formula is C21H21N3O2. The molecule has 1 aromatic heterocycles. The highest BCUT2D eigenvalue weighted by Gasteiger charge is 2.43. The van der Waals surface area contributed by atoms with E-state index >= 15 is 0 Å². The van der Waals surface area contributed by atoms with E-state index in [1.165, 1.54) is 5.56 Å². The molecule has 132 valence electrons. The zero-order valence-electron chi connectivity index (χ0n) is 14.4. The van der Waals surface area contributed by atoms with Gasteiger partial charge < -0.3 is 10.1 Å². The molecule has 0 radical (unpaired) electrons. The molecule has 2 aromatic carbocycles. The number of nitrogens with one attached hydrogen (secondary N) is 2. The van der Waals surface area contributed by atoms with Crippen LogP contribution in [0.1, 0.15) is 29.2 Å². The number of hydrogen-bond donors (Lipinski definition) is 2. The third kappa shape index (κ3) is 3.94. The molecule has 5 nitrogen and oxygen atoms in total. The average molecular weight is 347 g/mol. The summed E-state index contributed by atoms with van der Waals surface area (Å²) in [6, 6.07) is 20.1. The number of H-pyrrole nitrogens is 1. The number of hydrogen-bond acceptors (Lipinski definition) is 3. The molecule has 0 saturated heterocycles. The number of aromatic amines is 1. The first-order chi connectivity index (χ1) is 12.8. The van der Waals surface area contributed by atoms with Crippen LogP contribution in [0.3, 0.4) is 0 Å². The van der Waals surface area contributed by atoms with Crippen LogP contribution in [0, 0.1) is 5.92 Å². The molecule has 26 heavy (non-hydrogen) atoms. The number of rotatable bonds is 7. The van der Waals surface area contributed by atoms with Gasteiger partial charge in [-0.3, -0.25) is 9.89 Å². The predicted molar refractivity (Wildman–Crippen MR) is 98.5 cm³/mol. The summed E-state index contributed by atoms with van der Waals surface area (Å²) in [4.78, 5) is 12.2. The van der Waals surface area contributed by atoms with Crippen molar-refractivity contribution in [2.45, 2.75) is 25.5 Å². The van der Waals surface area contributed by atoms with E-state index in [2.05, 4.69) is 27.6 Å². The van der Waals surface area contributed by atoms with E-state index in [0.717, 1.165) is 23.4 Å². The minimum Gasteiger partial charge on any atom is -0.489 e. The summed E-state index contributed by atoms with van der Waals surface area (Å²) in [5.74, 6) is 1.32. The van der Waals surface area contributed by atoms with Gasteiger partial charge in [-0.25, -0.2) is 0 Å². The zero-order valence-corrected chi connectivity index (χ0v) is 14.4. The maximum absolute atomic E-state index is 12.2. The third-order valence-corrected chi connectivity index (χ3v) is 4.70. The molecule has 1 saturated carbocycles. The smallest absolute Gasteiger partial charge is 0.224 e. The summed E-state index contributed by atoms with van der Waals surface area (Å²) in [6.07, 6.45) is 2.59. The topological polar surface area (TPSA) is 67.0 Å². The van der Waals surface area contributed by atoms with Crippen LogP contribution < -0.4 is 10.1 Å². The highest BCUT2D eigenvalue weighted by molar-refractivity contribution is 5.82. The van der Waals surface area contributed by atoms with E-state index in [1.54, 1.807) is 6.20 Å². The standard InChI is InChI=1S/C21H21N3O2/c25-21(22-13-17-10-11-23-24-17)20-12-19(20)16-6-8-18(9-7-16)26-14-15-4-2-1-3-5-15/h1-11,19-20H,12-14H2,(H,22,25)(H,23,24)/t19-,20-/m1/s1. The molecule has 0 aliphatic heterocycles. The average Bonchev–Trinajstić information content (AvgIpc) is 3.32. The molecule has 1 aliphatic rings. The molecule has 2 N–H and O–H groups in total. The van der Waals surface area contributed by atoms with E-state index in [-0.39, 0.29) is 11.8 Å². The highest BCUT2D eigenvalue weighted by Crippen LogP contribution is 2.47. The minimum absolute atomic E-state index is 0.0639. The Labute approximate surface area is 152 Å². The molecule has 3 aromatic rings. The molecule has 1 fully saturated rings. The van der Waals surface area contributed by atoms with Crippen LogP contribution in [0.15, 0.2) is 66.9 Å². The second-order valence-corrected chi connectivity index (χ2v) is 6.59. The van der Waals surface area contributed by atoms with Gasteiger partial charge in [0.05, 0.1) is 12.2 Å². The van der Waals surface area contributed by atoms with Crippen LogP contribution in [-0.2, 0) is 17.9 Å². The molecule has 0 unspecified atom stereocenters. The van der Waals surface area contributed by atoms with Crippen molar-refractivity contribution in [2.24, 2.45) is 5.92 Å². The van der Waals surface area contributed by atoms with Gasteiger partial charge in [0, 0.05) is 12.1 Å². The summed E-state index contributed by atoms with van der Waals surface area (Å²) < 4.78 is 5.81. The zero-order chi connectivity index (χ0) is 17.8. The molecular weight excluding hydrogens is 326 g/mol. The van der Waals surface area contributed by atoms with Gasteiger partial charge in [-0.1, -0.05) is 42.5 Å². The Hall–Kier alpha value is -3.08. The first-order valence-corrected chi connectivity index (χ1v) is 8.82. The van der Waals surface area contributed by atoms with E-state index in [1.807, 2.05) is 48.5 Å². The van der Waals surface area contributed by atoms with E-state index < -0.39 is 0 Å². The van der Waals surface area contributed by atoms with Crippen molar-refractivity contribution in [1.29, 1.82) is 0 Å². The number of carbonyl (C=O) groups is 1. The van der Waals surface area contributed by atoms with Crippen molar-refractivity contribution in [3.63, 3.8) is 0 Å². The first kappa shape index (κ1) is 16.4. The van der Waals surface area contributed by atoms with Crippen LogP contribution in [0.4, 0.5) is 0 Å². The fourth-order valence-corrected chi connectivity index (χ4v) is 3.10. The lowest BCUT2D eigenvalue weighted by Gasteiger charge is -2.07. The lowest BCUT2D eigenvalue weighted by molar-refractivity contribution is -0.122. The van der Waals surface area contributed by atoms with Gasteiger partial charge >= 0.3 is 0 Å². The first-order valence-electron chi connectivity index (χ1n) is 8.82. The Morgan fingerprint density at radius 3 is 2.65 bits per heavy atom. The minimum atomic E-state index is 0.0639. The maximum Gasteiger partial charge on any atom is 0.224 e. The lowest BCUT2D eigenvalue weighted by Crippen LogP contribution is -2.25. The highest BCUT2D eigenvalue weighted by atomic mass is 16.5. The Kier molecular flexibility index (Phi) is 4.69. The Bertz CT molecular complexity index is 845. The quantitative estimate of drug-likeness (QED) is 0.688. The van der Waals surface area contributed by atoms with Crippen molar-refractivity contribution in [3.05, 3.63) is 83.7 Å². The van der Waals surface area contributed by atoms with Gasteiger partial charge in [0.15, 0.2) is 0 Å². The lowest BCUT2D eigenvalue weighted by atomic mass is 10.1. The van der Waals surface area contributed by atoms with Gasteiger partial charge in [-0.05, 0) is 41.7 Å². The van der Waals surface area contributed by atoms with Crippen molar-refractivity contribution in [3.8, 4) is 5.75 Å².